The molecule has 0 bridgehead atoms. The van der Waals surface area contributed by atoms with E-state index in [1.54, 1.807) is 0 Å². The third kappa shape index (κ3) is 4.15. The molecule has 100 valence electrons. The summed E-state index contributed by atoms with van der Waals surface area (Å²) in [6, 6.07) is 4.32. The predicted molar refractivity (Wildman–Crippen MR) is 73.9 cm³/mol. The monoisotopic (exact) mass is 249 g/mol. The number of hydrogen-bond acceptors (Lipinski definition) is 2. The second-order valence-corrected chi connectivity index (χ2v) is 4.98. The number of aliphatic carboxylic acids is 1. The van der Waals surface area contributed by atoms with Crippen molar-refractivity contribution in [3.8, 4) is 0 Å². The van der Waals surface area contributed by atoms with Crippen LogP contribution in [0.15, 0.2) is 12.1 Å². The Kier molecular flexibility index (Phi) is 5.35. The van der Waals surface area contributed by atoms with Gasteiger partial charge in [-0.2, -0.15) is 0 Å². The van der Waals surface area contributed by atoms with Gasteiger partial charge < -0.3 is 5.11 Å². The molecule has 3 nitrogen and oxygen atoms in total. The molecule has 0 saturated carbocycles. The standard InChI is InChI=1S/C15H23NO2/c1-5-6-16(10-15(17)18)9-14-12(3)7-11(2)8-13(14)4/h7-8H,5-6,9-10H2,1-4H3,(H,17,18). The fraction of sp³-hybridized carbons (Fsp3) is 0.533. The zero-order valence-corrected chi connectivity index (χ0v) is 11.8. The van der Waals surface area contributed by atoms with E-state index in [4.69, 9.17) is 5.11 Å². The Labute approximate surface area is 109 Å². The third-order valence-corrected chi connectivity index (χ3v) is 3.12. The highest BCUT2D eigenvalue weighted by Gasteiger charge is 2.12. The molecular formula is C15H23NO2. The molecule has 0 spiro atoms. The average Bonchev–Trinajstić information content (AvgIpc) is 2.22. The van der Waals surface area contributed by atoms with Gasteiger partial charge in [-0.15, -0.1) is 0 Å². The number of carboxylic acid groups (broad SMARTS) is 1. The molecule has 1 aromatic rings. The molecule has 0 atom stereocenters. The number of carboxylic acids is 1. The molecule has 1 N–H and O–H groups in total. The van der Waals surface area contributed by atoms with Crippen molar-refractivity contribution in [1.29, 1.82) is 0 Å². The molecule has 0 aliphatic carbocycles. The maximum atomic E-state index is 10.9. The molecule has 1 rings (SSSR count). The minimum atomic E-state index is -0.758. The van der Waals surface area contributed by atoms with E-state index in [1.165, 1.54) is 22.3 Å². The summed E-state index contributed by atoms with van der Waals surface area (Å²) in [7, 11) is 0. The van der Waals surface area contributed by atoms with Crippen LogP contribution in [0.25, 0.3) is 0 Å². The van der Waals surface area contributed by atoms with Crippen molar-refractivity contribution < 1.29 is 9.90 Å². The van der Waals surface area contributed by atoms with Crippen LogP contribution in [0.5, 0.6) is 0 Å². The van der Waals surface area contributed by atoms with Gasteiger partial charge in [-0.1, -0.05) is 24.6 Å². The Balaban J connectivity index is 2.89. The lowest BCUT2D eigenvalue weighted by molar-refractivity contribution is -0.138. The molecule has 3 heteroatoms. The van der Waals surface area contributed by atoms with E-state index < -0.39 is 5.97 Å². The first-order valence-electron chi connectivity index (χ1n) is 6.45. The van der Waals surface area contributed by atoms with Crippen LogP contribution in [0, 0.1) is 20.8 Å². The zero-order valence-electron chi connectivity index (χ0n) is 11.8. The lowest BCUT2D eigenvalue weighted by Gasteiger charge is -2.22. The Morgan fingerprint density at radius 3 is 2.22 bits per heavy atom. The van der Waals surface area contributed by atoms with Crippen molar-refractivity contribution in [3.63, 3.8) is 0 Å². The van der Waals surface area contributed by atoms with E-state index in [-0.39, 0.29) is 6.54 Å². The van der Waals surface area contributed by atoms with E-state index in [2.05, 4.69) is 39.8 Å². The summed E-state index contributed by atoms with van der Waals surface area (Å²) in [5.41, 5.74) is 5.02. The quantitative estimate of drug-likeness (QED) is 0.842. The third-order valence-electron chi connectivity index (χ3n) is 3.12. The SMILES string of the molecule is CCCN(CC(=O)O)Cc1c(C)cc(C)cc1C. The van der Waals surface area contributed by atoms with Gasteiger partial charge in [0, 0.05) is 6.54 Å². The molecule has 0 fully saturated rings. The van der Waals surface area contributed by atoms with Crippen molar-refractivity contribution in [2.24, 2.45) is 0 Å². The van der Waals surface area contributed by atoms with E-state index in [0.29, 0.717) is 0 Å². The minimum Gasteiger partial charge on any atom is -0.480 e. The first-order valence-corrected chi connectivity index (χ1v) is 6.45. The van der Waals surface area contributed by atoms with Crippen molar-refractivity contribution >= 4 is 5.97 Å². The van der Waals surface area contributed by atoms with Crippen molar-refractivity contribution in [3.05, 3.63) is 34.4 Å². The van der Waals surface area contributed by atoms with Crippen molar-refractivity contribution in [1.82, 2.24) is 4.90 Å². The Hall–Kier alpha value is -1.35. The molecule has 0 aliphatic heterocycles. The lowest BCUT2D eigenvalue weighted by atomic mass is 9.99. The van der Waals surface area contributed by atoms with Crippen molar-refractivity contribution in [2.75, 3.05) is 13.1 Å². The maximum absolute atomic E-state index is 10.9. The van der Waals surface area contributed by atoms with Gasteiger partial charge in [0.2, 0.25) is 0 Å². The summed E-state index contributed by atoms with van der Waals surface area (Å²) in [4.78, 5) is 12.9. The molecule has 18 heavy (non-hydrogen) atoms. The molecular weight excluding hydrogens is 226 g/mol. The van der Waals surface area contributed by atoms with Gasteiger partial charge in [0.25, 0.3) is 0 Å². The zero-order chi connectivity index (χ0) is 13.7. The predicted octanol–water partition coefficient (Wildman–Crippen LogP) is 2.91. The number of aryl methyl sites for hydroxylation is 3. The highest BCUT2D eigenvalue weighted by Crippen LogP contribution is 2.18. The Morgan fingerprint density at radius 1 is 1.22 bits per heavy atom. The Morgan fingerprint density at radius 2 is 1.78 bits per heavy atom. The highest BCUT2D eigenvalue weighted by molar-refractivity contribution is 5.69. The second-order valence-electron chi connectivity index (χ2n) is 4.98. The molecule has 1 aromatic carbocycles. The van der Waals surface area contributed by atoms with Crippen LogP contribution in [0.3, 0.4) is 0 Å². The first kappa shape index (κ1) is 14.7. The molecule has 0 unspecified atom stereocenters. The van der Waals surface area contributed by atoms with E-state index in [9.17, 15) is 4.79 Å². The second kappa shape index (κ2) is 6.55. The topological polar surface area (TPSA) is 40.5 Å². The van der Waals surface area contributed by atoms with Crippen LogP contribution in [-0.4, -0.2) is 29.1 Å². The summed E-state index contributed by atoms with van der Waals surface area (Å²) in [6.07, 6.45) is 0.969. The molecule has 0 radical (unpaired) electrons. The number of benzene rings is 1. The van der Waals surface area contributed by atoms with Gasteiger partial charge in [-0.3, -0.25) is 9.69 Å². The molecule has 0 saturated heterocycles. The Bertz CT molecular complexity index is 403. The molecule has 0 aliphatic rings. The van der Waals surface area contributed by atoms with Gasteiger partial charge in [-0.25, -0.2) is 0 Å². The molecule has 0 heterocycles. The lowest BCUT2D eigenvalue weighted by Crippen LogP contribution is -2.30. The van der Waals surface area contributed by atoms with Crippen LogP contribution >= 0.6 is 0 Å². The summed E-state index contributed by atoms with van der Waals surface area (Å²) in [6.45, 7) is 10.0. The van der Waals surface area contributed by atoms with E-state index in [0.717, 1.165) is 19.5 Å². The van der Waals surface area contributed by atoms with E-state index >= 15 is 0 Å². The van der Waals surface area contributed by atoms with E-state index in [1.807, 2.05) is 4.90 Å². The maximum Gasteiger partial charge on any atom is 0.317 e. The van der Waals surface area contributed by atoms with Crippen molar-refractivity contribution in [2.45, 2.75) is 40.7 Å². The summed E-state index contributed by atoms with van der Waals surface area (Å²) < 4.78 is 0. The van der Waals surface area contributed by atoms with Gasteiger partial charge >= 0.3 is 5.97 Å². The highest BCUT2D eigenvalue weighted by atomic mass is 16.4. The van der Waals surface area contributed by atoms with Gasteiger partial charge in [0.15, 0.2) is 0 Å². The number of carbonyl (C=O) groups is 1. The van der Waals surface area contributed by atoms with Crippen LogP contribution in [-0.2, 0) is 11.3 Å². The number of nitrogens with zero attached hydrogens (tertiary/aromatic N) is 1. The fourth-order valence-electron chi connectivity index (χ4n) is 2.40. The van der Waals surface area contributed by atoms with Gasteiger partial charge in [0.1, 0.15) is 0 Å². The van der Waals surface area contributed by atoms with Crippen LogP contribution in [0.2, 0.25) is 0 Å². The first-order chi connectivity index (χ1) is 8.43. The number of hydrogen-bond donors (Lipinski definition) is 1. The van der Waals surface area contributed by atoms with Crippen LogP contribution in [0.1, 0.15) is 35.6 Å². The largest absolute Gasteiger partial charge is 0.480 e. The fourth-order valence-corrected chi connectivity index (χ4v) is 2.40. The summed E-state index contributed by atoms with van der Waals surface area (Å²) in [5.74, 6) is -0.758. The summed E-state index contributed by atoms with van der Waals surface area (Å²) in [5, 5.41) is 8.93. The average molecular weight is 249 g/mol. The molecule has 0 amide bonds. The summed E-state index contributed by atoms with van der Waals surface area (Å²) >= 11 is 0. The minimum absolute atomic E-state index is 0.112. The number of rotatable bonds is 6. The van der Waals surface area contributed by atoms with Gasteiger partial charge in [0.05, 0.1) is 6.54 Å². The molecule has 0 aromatic heterocycles. The van der Waals surface area contributed by atoms with Crippen LogP contribution < -0.4 is 0 Å². The smallest absolute Gasteiger partial charge is 0.317 e. The van der Waals surface area contributed by atoms with Crippen LogP contribution in [0.4, 0.5) is 0 Å². The normalized spacial score (nSPS) is 10.9. The van der Waals surface area contributed by atoms with Gasteiger partial charge in [-0.05, 0) is 50.4 Å².